The second-order valence-electron chi connectivity index (χ2n) is 11.6. The second-order valence-corrected chi connectivity index (χ2v) is 18.5. The number of methoxy groups -OCH3 is 1. The molecule has 2 aromatic heterocycles. The van der Waals surface area contributed by atoms with Gasteiger partial charge in [0.15, 0.2) is 11.8 Å². The summed E-state index contributed by atoms with van der Waals surface area (Å²) in [6.07, 6.45) is 2.21. The minimum absolute atomic E-state index is 0.0204. The van der Waals surface area contributed by atoms with Crippen LogP contribution in [0, 0.1) is 13.8 Å². The highest BCUT2D eigenvalue weighted by Gasteiger charge is 2.29. The SMILES string of the molecule is CCOC(=O)c1nc(CN(CCCc2cccc(C)c2)C(=O)[C@H](OCOCC[Si](C)(C)C)c2ccc(OC)nc2)sc1C. The van der Waals surface area contributed by atoms with Gasteiger partial charge in [-0.05, 0) is 51.3 Å². The number of hydrogen-bond donors (Lipinski definition) is 0. The molecule has 1 atom stereocenters. The summed E-state index contributed by atoms with van der Waals surface area (Å²) in [5, 5.41) is 0.655. The summed E-state index contributed by atoms with van der Waals surface area (Å²) in [5.74, 6) is -0.238. The van der Waals surface area contributed by atoms with Crippen LogP contribution in [-0.4, -0.2) is 68.5 Å². The molecule has 0 spiro atoms. The number of carbonyl (C=O) groups is 2. The number of nitrogens with zero attached hydrogens (tertiary/aromatic N) is 3. The Balaban J connectivity index is 1.84. The van der Waals surface area contributed by atoms with E-state index in [-0.39, 0.29) is 31.5 Å². The van der Waals surface area contributed by atoms with Crippen LogP contribution in [0.25, 0.3) is 0 Å². The van der Waals surface area contributed by atoms with Crippen molar-refractivity contribution < 1.29 is 28.5 Å². The molecule has 0 radical (unpaired) electrons. The maximum atomic E-state index is 14.2. The number of amides is 1. The van der Waals surface area contributed by atoms with E-state index in [2.05, 4.69) is 54.7 Å². The molecule has 234 valence electrons. The lowest BCUT2D eigenvalue weighted by atomic mass is 10.1. The van der Waals surface area contributed by atoms with Crippen LogP contribution in [0.1, 0.15) is 56.5 Å². The standard InChI is InChI=1S/C32H45N3O6SSi/c1-8-40-32(37)29-24(3)42-28(34-29)21-35(16-10-13-25-12-9-11-23(2)19-25)31(36)30(26-14-15-27(38-4)33-20-26)41-22-39-17-18-43(5,6)7/h9,11-12,14-15,19-20,30H,8,10,13,16-18,21-22H2,1-7H3/t30-/m1/s1. The third-order valence-electron chi connectivity index (χ3n) is 6.73. The Morgan fingerprint density at radius 1 is 1.12 bits per heavy atom. The molecule has 2 heterocycles. The van der Waals surface area contributed by atoms with E-state index >= 15 is 0 Å². The zero-order valence-electron chi connectivity index (χ0n) is 26.5. The van der Waals surface area contributed by atoms with Gasteiger partial charge in [0, 0.05) is 43.9 Å². The smallest absolute Gasteiger partial charge is 0.358 e. The van der Waals surface area contributed by atoms with Gasteiger partial charge in [-0.15, -0.1) is 11.3 Å². The maximum Gasteiger partial charge on any atom is 0.358 e. The Hall–Kier alpha value is -3.12. The summed E-state index contributed by atoms with van der Waals surface area (Å²) in [6.45, 7) is 14.1. The van der Waals surface area contributed by atoms with Crippen LogP contribution in [0.5, 0.6) is 5.88 Å². The van der Waals surface area contributed by atoms with Crippen molar-refractivity contribution in [1.29, 1.82) is 0 Å². The highest BCUT2D eigenvalue weighted by Crippen LogP contribution is 2.26. The highest BCUT2D eigenvalue weighted by molar-refractivity contribution is 7.11. The fourth-order valence-corrected chi connectivity index (χ4v) is 6.07. The molecule has 0 aliphatic rings. The van der Waals surface area contributed by atoms with Crippen molar-refractivity contribution >= 4 is 31.3 Å². The summed E-state index contributed by atoms with van der Waals surface area (Å²) < 4.78 is 22.3. The molecule has 0 fully saturated rings. The largest absolute Gasteiger partial charge is 0.481 e. The quantitative estimate of drug-likeness (QED) is 0.0737. The Labute approximate surface area is 260 Å². The Bertz CT molecular complexity index is 1330. The molecule has 0 unspecified atom stereocenters. The minimum Gasteiger partial charge on any atom is -0.481 e. The van der Waals surface area contributed by atoms with Crippen molar-refractivity contribution in [2.24, 2.45) is 0 Å². The number of carbonyl (C=O) groups excluding carboxylic acids is 2. The number of thiazole rings is 1. The fraction of sp³-hybridized carbons (Fsp3) is 0.500. The first kappa shape index (κ1) is 34.4. The van der Waals surface area contributed by atoms with Gasteiger partial charge < -0.3 is 23.8 Å². The number of aromatic nitrogens is 2. The zero-order chi connectivity index (χ0) is 31.4. The van der Waals surface area contributed by atoms with Crippen molar-refractivity contribution in [2.45, 2.75) is 71.9 Å². The first-order chi connectivity index (χ1) is 20.5. The van der Waals surface area contributed by atoms with Crippen LogP contribution in [0.3, 0.4) is 0 Å². The first-order valence-electron chi connectivity index (χ1n) is 14.7. The number of rotatable bonds is 17. The van der Waals surface area contributed by atoms with E-state index in [0.717, 1.165) is 23.8 Å². The van der Waals surface area contributed by atoms with Gasteiger partial charge in [0.05, 0.1) is 20.3 Å². The van der Waals surface area contributed by atoms with Gasteiger partial charge in [0.25, 0.3) is 5.91 Å². The van der Waals surface area contributed by atoms with Crippen LogP contribution in [0.15, 0.2) is 42.6 Å². The fourth-order valence-electron chi connectivity index (χ4n) is 4.38. The number of pyridine rings is 1. The van der Waals surface area contributed by atoms with Crippen LogP contribution < -0.4 is 4.74 Å². The summed E-state index contributed by atoms with van der Waals surface area (Å²) in [5.41, 5.74) is 3.30. The lowest BCUT2D eigenvalue weighted by Gasteiger charge is -2.27. The summed E-state index contributed by atoms with van der Waals surface area (Å²) in [4.78, 5) is 38.0. The van der Waals surface area contributed by atoms with E-state index in [1.165, 1.54) is 22.5 Å². The number of hydrogen-bond acceptors (Lipinski definition) is 9. The molecule has 3 aromatic rings. The van der Waals surface area contributed by atoms with Crippen molar-refractivity contribution in [2.75, 3.05) is 33.7 Å². The molecule has 0 aliphatic heterocycles. The molecule has 9 nitrogen and oxygen atoms in total. The van der Waals surface area contributed by atoms with Crippen LogP contribution in [0.4, 0.5) is 0 Å². The average molecular weight is 628 g/mol. The maximum absolute atomic E-state index is 14.2. The van der Waals surface area contributed by atoms with Crippen molar-refractivity contribution in [1.82, 2.24) is 14.9 Å². The summed E-state index contributed by atoms with van der Waals surface area (Å²) in [6, 6.07) is 12.9. The first-order valence-corrected chi connectivity index (χ1v) is 19.2. The molecule has 11 heteroatoms. The van der Waals surface area contributed by atoms with Crippen LogP contribution >= 0.6 is 11.3 Å². The number of ether oxygens (including phenoxy) is 4. The number of benzene rings is 1. The van der Waals surface area contributed by atoms with Crippen molar-refractivity contribution in [3.05, 3.63) is 74.9 Å². The van der Waals surface area contributed by atoms with Crippen molar-refractivity contribution in [3.63, 3.8) is 0 Å². The molecular formula is C32H45N3O6SSi. The van der Waals surface area contributed by atoms with Gasteiger partial charge in [0.2, 0.25) is 5.88 Å². The topological polar surface area (TPSA) is 100 Å². The monoisotopic (exact) mass is 627 g/mol. The molecule has 0 saturated carbocycles. The average Bonchev–Trinajstić information content (AvgIpc) is 3.33. The van der Waals surface area contributed by atoms with E-state index in [1.807, 2.05) is 13.0 Å². The van der Waals surface area contributed by atoms with Gasteiger partial charge in [-0.3, -0.25) is 4.79 Å². The normalized spacial score (nSPS) is 12.2. The van der Waals surface area contributed by atoms with E-state index in [4.69, 9.17) is 18.9 Å². The molecule has 0 bridgehead atoms. The van der Waals surface area contributed by atoms with Gasteiger partial charge in [0.1, 0.15) is 11.8 Å². The molecule has 1 amide bonds. The van der Waals surface area contributed by atoms with Crippen LogP contribution in [-0.2, 0) is 32.0 Å². The molecule has 0 saturated heterocycles. The third kappa shape index (κ3) is 11.1. The predicted molar refractivity (Wildman–Crippen MR) is 171 cm³/mol. The molecule has 3 rings (SSSR count). The minimum atomic E-state index is -1.27. The molecule has 1 aromatic carbocycles. The Morgan fingerprint density at radius 3 is 2.56 bits per heavy atom. The van der Waals surface area contributed by atoms with Gasteiger partial charge in [-0.1, -0.05) is 49.5 Å². The van der Waals surface area contributed by atoms with Crippen LogP contribution in [0.2, 0.25) is 25.7 Å². The zero-order valence-corrected chi connectivity index (χ0v) is 28.3. The summed E-state index contributed by atoms with van der Waals surface area (Å²) in [7, 11) is 0.273. The second kappa shape index (κ2) is 16.7. The molecule has 0 aliphatic carbocycles. The third-order valence-corrected chi connectivity index (χ3v) is 9.39. The highest BCUT2D eigenvalue weighted by atomic mass is 32.1. The predicted octanol–water partition coefficient (Wildman–Crippen LogP) is 6.37. The molecular weight excluding hydrogens is 583 g/mol. The lowest BCUT2D eigenvalue weighted by Crippen LogP contribution is -2.37. The van der Waals surface area contributed by atoms with Gasteiger partial charge in [-0.2, -0.15) is 0 Å². The van der Waals surface area contributed by atoms with E-state index < -0.39 is 20.1 Å². The lowest BCUT2D eigenvalue weighted by molar-refractivity contribution is -0.155. The summed E-state index contributed by atoms with van der Waals surface area (Å²) >= 11 is 1.39. The van der Waals surface area contributed by atoms with Crippen molar-refractivity contribution in [3.8, 4) is 5.88 Å². The van der Waals surface area contributed by atoms with E-state index in [0.29, 0.717) is 29.6 Å². The van der Waals surface area contributed by atoms with E-state index in [9.17, 15) is 9.59 Å². The Kier molecular flexibility index (Phi) is 13.3. The van der Waals surface area contributed by atoms with E-state index in [1.54, 1.807) is 37.3 Å². The number of aryl methyl sites for hydroxylation is 3. The van der Waals surface area contributed by atoms with Gasteiger partial charge >= 0.3 is 5.97 Å². The molecule has 43 heavy (non-hydrogen) atoms. The van der Waals surface area contributed by atoms with Gasteiger partial charge in [-0.25, -0.2) is 14.8 Å². The molecule has 0 N–H and O–H groups in total. The number of esters is 1. The Morgan fingerprint density at radius 2 is 1.91 bits per heavy atom.